The molecule has 0 saturated heterocycles. The van der Waals surface area contributed by atoms with E-state index < -0.39 is 17.8 Å². The lowest BCUT2D eigenvalue weighted by atomic mass is 10.0. The minimum atomic E-state index is -4.42. The number of alkyl halides is 3. The Morgan fingerprint density at radius 1 is 0.793 bits per heavy atom. The molecule has 2 heterocycles. The molecule has 0 radical (unpaired) electrons. The molecule has 0 bridgehead atoms. The summed E-state index contributed by atoms with van der Waals surface area (Å²) in [6.45, 7) is 0. The van der Waals surface area contributed by atoms with Gasteiger partial charge in [0.15, 0.2) is 0 Å². The maximum absolute atomic E-state index is 13.4. The van der Waals surface area contributed by atoms with Crippen LogP contribution in [0.4, 0.5) is 23.7 Å². The molecule has 0 saturated carbocycles. The second-order valence-electron chi connectivity index (χ2n) is 6.97. The molecule has 1 aliphatic rings. The van der Waals surface area contributed by atoms with E-state index in [1.54, 1.807) is 9.47 Å². The molecule has 29 heavy (non-hydrogen) atoms. The summed E-state index contributed by atoms with van der Waals surface area (Å²) in [5, 5.41) is 0.948. The van der Waals surface area contributed by atoms with Gasteiger partial charge >= 0.3 is 12.2 Å². The first-order valence-corrected chi connectivity index (χ1v) is 9.11. The van der Waals surface area contributed by atoms with Crippen molar-refractivity contribution >= 4 is 22.6 Å². The van der Waals surface area contributed by atoms with Gasteiger partial charge in [-0.25, -0.2) is 4.79 Å². The molecule has 5 rings (SSSR count). The number of benzene rings is 3. The van der Waals surface area contributed by atoms with E-state index in [0.29, 0.717) is 5.69 Å². The van der Waals surface area contributed by atoms with Crippen LogP contribution in [0, 0.1) is 0 Å². The Bertz CT molecular complexity index is 1210. The number of para-hydroxylation sites is 1. The summed E-state index contributed by atoms with van der Waals surface area (Å²) >= 11 is 0. The fraction of sp³-hybridized carbons (Fsp3) is 0.0870. The van der Waals surface area contributed by atoms with Crippen molar-refractivity contribution in [3.05, 3.63) is 102 Å². The third-order valence-electron chi connectivity index (χ3n) is 5.26. The number of amides is 1. The first-order chi connectivity index (χ1) is 13.9. The number of anilines is 1. The Hall–Kier alpha value is -3.54. The van der Waals surface area contributed by atoms with Crippen LogP contribution in [0.25, 0.3) is 10.9 Å². The van der Waals surface area contributed by atoms with Crippen LogP contribution >= 0.6 is 0 Å². The van der Waals surface area contributed by atoms with E-state index in [-0.39, 0.29) is 6.03 Å². The Morgan fingerprint density at radius 3 is 2.14 bits per heavy atom. The zero-order valence-electron chi connectivity index (χ0n) is 15.1. The molecule has 6 heteroatoms. The number of halogens is 3. The fourth-order valence-corrected chi connectivity index (χ4v) is 3.97. The van der Waals surface area contributed by atoms with E-state index in [2.05, 4.69) is 0 Å². The van der Waals surface area contributed by atoms with Crippen LogP contribution in [-0.4, -0.2) is 10.6 Å². The normalized spacial score (nSPS) is 16.4. The molecule has 144 valence electrons. The molecule has 1 unspecified atom stereocenters. The molecule has 4 aromatic rings. The van der Waals surface area contributed by atoms with Crippen molar-refractivity contribution in [2.24, 2.45) is 0 Å². The smallest absolute Gasteiger partial charge is 0.281 e. The summed E-state index contributed by atoms with van der Waals surface area (Å²) < 4.78 is 40.6. The highest BCUT2D eigenvalue weighted by atomic mass is 19.4. The standard InChI is InChI=1S/C23H15F3N2O/c24-23(25,26)17-10-12-18(13-11-17)27-21(15-6-2-1-3-7-15)20-14-16-8-4-5-9-19(16)28(20)22(27)29/h1-14,21H. The minimum absolute atomic E-state index is 0.283. The maximum Gasteiger partial charge on any atom is 0.416 e. The molecule has 1 aliphatic heterocycles. The predicted octanol–water partition coefficient (Wildman–Crippen LogP) is 6.24. The van der Waals surface area contributed by atoms with Gasteiger partial charge in [-0.1, -0.05) is 48.5 Å². The Balaban J connectivity index is 1.69. The minimum Gasteiger partial charge on any atom is -0.281 e. The predicted molar refractivity (Wildman–Crippen MR) is 105 cm³/mol. The summed E-state index contributed by atoms with van der Waals surface area (Å²) in [6.07, 6.45) is -4.42. The van der Waals surface area contributed by atoms with Crippen molar-refractivity contribution in [2.45, 2.75) is 12.2 Å². The third-order valence-corrected chi connectivity index (χ3v) is 5.26. The van der Waals surface area contributed by atoms with Crippen molar-refractivity contribution in [3.63, 3.8) is 0 Å². The quantitative estimate of drug-likeness (QED) is 0.397. The van der Waals surface area contributed by atoms with Crippen LogP contribution in [0.3, 0.4) is 0 Å². The van der Waals surface area contributed by atoms with Crippen LogP contribution in [0.15, 0.2) is 84.9 Å². The second-order valence-corrected chi connectivity index (χ2v) is 6.97. The van der Waals surface area contributed by atoms with Gasteiger partial charge in [0, 0.05) is 11.1 Å². The molecule has 0 N–H and O–H groups in total. The first-order valence-electron chi connectivity index (χ1n) is 9.11. The number of hydrogen-bond donors (Lipinski definition) is 0. The maximum atomic E-state index is 13.4. The van der Waals surface area contributed by atoms with Crippen molar-refractivity contribution in [2.75, 3.05) is 4.90 Å². The molecule has 1 atom stereocenters. The van der Waals surface area contributed by atoms with Crippen molar-refractivity contribution < 1.29 is 18.0 Å². The lowest BCUT2D eigenvalue weighted by molar-refractivity contribution is -0.137. The number of rotatable bonds is 2. The topological polar surface area (TPSA) is 25.2 Å². The van der Waals surface area contributed by atoms with Crippen molar-refractivity contribution in [1.82, 2.24) is 4.57 Å². The van der Waals surface area contributed by atoms with E-state index in [9.17, 15) is 18.0 Å². The number of aromatic nitrogens is 1. The fourth-order valence-electron chi connectivity index (χ4n) is 3.97. The van der Waals surface area contributed by atoms with Gasteiger partial charge in [-0.15, -0.1) is 0 Å². The summed E-state index contributed by atoms with van der Waals surface area (Å²) in [6, 6.07) is 23.1. The highest BCUT2D eigenvalue weighted by molar-refractivity contribution is 6.05. The average Bonchev–Trinajstić information content (AvgIpc) is 3.23. The van der Waals surface area contributed by atoms with Crippen LogP contribution in [-0.2, 0) is 6.18 Å². The number of carbonyl (C=O) groups is 1. The lowest BCUT2D eigenvalue weighted by Gasteiger charge is -2.25. The van der Waals surface area contributed by atoms with Crippen LogP contribution in [0.1, 0.15) is 22.9 Å². The van der Waals surface area contributed by atoms with Crippen molar-refractivity contribution in [3.8, 4) is 0 Å². The Labute approximate surface area is 164 Å². The van der Waals surface area contributed by atoms with Crippen molar-refractivity contribution in [1.29, 1.82) is 0 Å². The molecule has 0 fully saturated rings. The molecule has 3 aromatic carbocycles. The Kier molecular flexibility index (Phi) is 3.77. The summed E-state index contributed by atoms with van der Waals surface area (Å²) in [5.74, 6) is 0. The van der Waals surface area contributed by atoms with E-state index in [1.165, 1.54) is 12.1 Å². The lowest BCUT2D eigenvalue weighted by Crippen LogP contribution is -2.30. The van der Waals surface area contributed by atoms with Gasteiger partial charge in [0.25, 0.3) is 0 Å². The van der Waals surface area contributed by atoms with E-state index >= 15 is 0 Å². The van der Waals surface area contributed by atoms with Crippen LogP contribution in [0.2, 0.25) is 0 Å². The highest BCUT2D eigenvalue weighted by Crippen LogP contribution is 2.42. The molecule has 3 nitrogen and oxygen atoms in total. The highest BCUT2D eigenvalue weighted by Gasteiger charge is 2.40. The third kappa shape index (κ3) is 2.71. The molecule has 1 aromatic heterocycles. The van der Waals surface area contributed by atoms with Gasteiger partial charge in [0.1, 0.15) is 6.04 Å². The number of fused-ring (bicyclic) bond motifs is 3. The van der Waals surface area contributed by atoms with E-state index in [0.717, 1.165) is 34.3 Å². The van der Waals surface area contributed by atoms with Gasteiger partial charge in [-0.3, -0.25) is 9.47 Å². The molecular formula is C23H15F3N2O. The van der Waals surface area contributed by atoms with E-state index in [1.807, 2.05) is 60.7 Å². The van der Waals surface area contributed by atoms with E-state index in [4.69, 9.17) is 0 Å². The Morgan fingerprint density at radius 2 is 1.45 bits per heavy atom. The second kappa shape index (κ2) is 6.24. The SMILES string of the molecule is O=C1N(c2ccc(C(F)(F)F)cc2)C(c2ccccc2)c2cc3ccccc3n21. The number of carbonyl (C=O) groups excluding carboxylic acids is 1. The number of hydrogen-bond acceptors (Lipinski definition) is 1. The molecule has 0 spiro atoms. The van der Waals surface area contributed by atoms with Crippen LogP contribution < -0.4 is 4.90 Å². The molecule has 0 aliphatic carbocycles. The van der Waals surface area contributed by atoms with Gasteiger partial charge in [0.05, 0.1) is 16.8 Å². The van der Waals surface area contributed by atoms with Gasteiger partial charge in [0.2, 0.25) is 0 Å². The summed E-state index contributed by atoms with van der Waals surface area (Å²) in [7, 11) is 0. The first kappa shape index (κ1) is 17.6. The van der Waals surface area contributed by atoms with Gasteiger partial charge < -0.3 is 0 Å². The summed E-state index contributed by atoms with van der Waals surface area (Å²) in [5.41, 5.74) is 2.14. The average molecular weight is 392 g/mol. The summed E-state index contributed by atoms with van der Waals surface area (Å²) in [4.78, 5) is 15.0. The number of nitrogens with zero attached hydrogens (tertiary/aromatic N) is 2. The monoisotopic (exact) mass is 392 g/mol. The zero-order valence-corrected chi connectivity index (χ0v) is 15.1. The molecule has 1 amide bonds. The largest absolute Gasteiger partial charge is 0.416 e. The van der Waals surface area contributed by atoms with Crippen LogP contribution in [0.5, 0.6) is 0 Å². The van der Waals surface area contributed by atoms with Gasteiger partial charge in [-0.05, 0) is 42.0 Å². The molecular weight excluding hydrogens is 377 g/mol. The van der Waals surface area contributed by atoms with Gasteiger partial charge in [-0.2, -0.15) is 13.2 Å². The zero-order chi connectivity index (χ0) is 20.2.